The third kappa shape index (κ3) is 4.73. The Bertz CT molecular complexity index is 312. The lowest BCUT2D eigenvalue weighted by Gasteiger charge is -2.39. The highest BCUT2D eigenvalue weighted by atomic mass is 15.3. The second kappa shape index (κ2) is 8.61. The Hall–Kier alpha value is -0.630. The van der Waals surface area contributed by atoms with Crippen LogP contribution in [0, 0.1) is 11.3 Å². The summed E-state index contributed by atoms with van der Waals surface area (Å²) in [5, 5.41) is 12.8. The Kier molecular flexibility index (Phi) is 7.50. The van der Waals surface area contributed by atoms with Gasteiger partial charge in [0.05, 0.1) is 6.07 Å². The molecule has 2 unspecified atom stereocenters. The maximum absolute atomic E-state index is 9.42. The lowest BCUT2D eigenvalue weighted by atomic mass is 9.91. The average Bonchev–Trinajstić information content (AvgIpc) is 2.46. The van der Waals surface area contributed by atoms with Gasteiger partial charge in [0.25, 0.3) is 0 Å². The summed E-state index contributed by atoms with van der Waals surface area (Å²) in [5.41, 5.74) is -0.314. The monoisotopic (exact) mass is 280 g/mol. The van der Waals surface area contributed by atoms with Gasteiger partial charge in [0.15, 0.2) is 0 Å². The molecule has 0 spiro atoms. The molecule has 1 heterocycles. The van der Waals surface area contributed by atoms with Crippen molar-refractivity contribution in [1.82, 2.24) is 15.1 Å². The zero-order valence-electron chi connectivity index (χ0n) is 13.8. The van der Waals surface area contributed by atoms with E-state index in [0.29, 0.717) is 6.04 Å². The van der Waals surface area contributed by atoms with E-state index in [9.17, 15) is 5.26 Å². The molecule has 20 heavy (non-hydrogen) atoms. The average molecular weight is 280 g/mol. The summed E-state index contributed by atoms with van der Waals surface area (Å²) in [4.78, 5) is 5.10. The number of hydrogen-bond acceptors (Lipinski definition) is 4. The van der Waals surface area contributed by atoms with Crippen molar-refractivity contribution in [1.29, 1.82) is 5.26 Å². The van der Waals surface area contributed by atoms with Gasteiger partial charge in [0, 0.05) is 25.7 Å². The molecule has 4 heteroatoms. The fraction of sp³-hybridized carbons (Fsp3) is 0.938. The van der Waals surface area contributed by atoms with Crippen LogP contribution in [0.3, 0.4) is 0 Å². The summed E-state index contributed by atoms with van der Waals surface area (Å²) in [6.45, 7) is 15.4. The molecular weight excluding hydrogens is 248 g/mol. The van der Waals surface area contributed by atoms with Gasteiger partial charge in [0.2, 0.25) is 0 Å². The van der Waals surface area contributed by atoms with E-state index < -0.39 is 0 Å². The minimum Gasteiger partial charge on any atom is -0.301 e. The van der Waals surface area contributed by atoms with Crippen LogP contribution in [0.25, 0.3) is 0 Å². The van der Waals surface area contributed by atoms with Crippen molar-refractivity contribution in [2.24, 2.45) is 0 Å². The fourth-order valence-electron chi connectivity index (χ4n) is 3.25. The van der Waals surface area contributed by atoms with Gasteiger partial charge < -0.3 is 4.90 Å². The number of nitriles is 1. The van der Waals surface area contributed by atoms with E-state index in [-0.39, 0.29) is 5.54 Å². The lowest BCUT2D eigenvalue weighted by molar-refractivity contribution is 0.0857. The van der Waals surface area contributed by atoms with Gasteiger partial charge in [0.1, 0.15) is 5.54 Å². The Labute approximate surface area is 125 Å². The van der Waals surface area contributed by atoms with Crippen LogP contribution in [0.5, 0.6) is 0 Å². The minimum atomic E-state index is -0.314. The maximum Gasteiger partial charge on any atom is 0.106 e. The van der Waals surface area contributed by atoms with Gasteiger partial charge in [-0.3, -0.25) is 10.2 Å². The molecule has 2 atom stereocenters. The highest BCUT2D eigenvalue weighted by Crippen LogP contribution is 2.18. The van der Waals surface area contributed by atoms with Crippen molar-refractivity contribution in [3.05, 3.63) is 0 Å². The second-order valence-corrected chi connectivity index (χ2v) is 5.96. The van der Waals surface area contributed by atoms with Crippen LogP contribution >= 0.6 is 0 Å². The highest BCUT2D eigenvalue weighted by Gasteiger charge is 2.27. The Morgan fingerprint density at radius 3 is 2.55 bits per heavy atom. The molecule has 1 rings (SSSR count). The molecule has 1 saturated heterocycles. The molecule has 0 saturated carbocycles. The van der Waals surface area contributed by atoms with Crippen molar-refractivity contribution >= 4 is 0 Å². The van der Waals surface area contributed by atoms with Gasteiger partial charge in [-0.25, -0.2) is 0 Å². The smallest absolute Gasteiger partial charge is 0.106 e. The van der Waals surface area contributed by atoms with Crippen LogP contribution in [0.1, 0.15) is 47.0 Å². The first-order valence-electron chi connectivity index (χ1n) is 8.23. The Balaban J connectivity index is 2.35. The minimum absolute atomic E-state index is 0.314. The van der Waals surface area contributed by atoms with Crippen LogP contribution in [0.15, 0.2) is 0 Å². The molecule has 0 aromatic carbocycles. The van der Waals surface area contributed by atoms with E-state index in [1.165, 1.54) is 19.6 Å². The SMILES string of the molecule is CCNC(C#N)(CC)CCCN1CCN(CC)C(C)C1. The summed E-state index contributed by atoms with van der Waals surface area (Å²) < 4.78 is 0. The van der Waals surface area contributed by atoms with Crippen LogP contribution < -0.4 is 5.32 Å². The van der Waals surface area contributed by atoms with Gasteiger partial charge in [-0.05, 0) is 45.8 Å². The molecule has 0 amide bonds. The van der Waals surface area contributed by atoms with E-state index in [0.717, 1.165) is 38.9 Å². The van der Waals surface area contributed by atoms with E-state index in [2.05, 4.69) is 48.9 Å². The molecule has 0 radical (unpaired) electrons. The number of rotatable bonds is 8. The van der Waals surface area contributed by atoms with Crippen molar-refractivity contribution in [3.63, 3.8) is 0 Å². The summed E-state index contributed by atoms with van der Waals surface area (Å²) >= 11 is 0. The number of nitrogens with one attached hydrogen (secondary N) is 1. The highest BCUT2D eigenvalue weighted by molar-refractivity contribution is 5.06. The molecule has 1 N–H and O–H groups in total. The molecule has 0 aromatic heterocycles. The number of likely N-dealkylation sites (N-methyl/N-ethyl adjacent to an activating group) is 1. The van der Waals surface area contributed by atoms with E-state index >= 15 is 0 Å². The number of piperazine rings is 1. The van der Waals surface area contributed by atoms with E-state index in [1.807, 2.05) is 0 Å². The molecule has 1 aliphatic heterocycles. The summed E-state index contributed by atoms with van der Waals surface area (Å²) in [6.07, 6.45) is 2.95. The predicted octanol–water partition coefficient (Wildman–Crippen LogP) is 2.07. The summed E-state index contributed by atoms with van der Waals surface area (Å²) in [6, 6.07) is 3.15. The van der Waals surface area contributed by atoms with Crippen LogP contribution in [-0.2, 0) is 0 Å². The Morgan fingerprint density at radius 2 is 2.05 bits per heavy atom. The maximum atomic E-state index is 9.42. The van der Waals surface area contributed by atoms with Gasteiger partial charge in [-0.15, -0.1) is 0 Å². The van der Waals surface area contributed by atoms with Crippen molar-refractivity contribution in [3.8, 4) is 6.07 Å². The standard InChI is InChI=1S/C16H32N4/c1-5-16(14-17,18-6-2)9-8-10-19-11-12-20(7-3)15(4)13-19/h15,18H,5-13H2,1-4H3. The topological polar surface area (TPSA) is 42.3 Å². The van der Waals surface area contributed by atoms with Crippen molar-refractivity contribution in [2.75, 3.05) is 39.3 Å². The number of hydrogen-bond donors (Lipinski definition) is 1. The summed E-state index contributed by atoms with van der Waals surface area (Å²) in [7, 11) is 0. The zero-order chi connectivity index (χ0) is 15.0. The predicted molar refractivity (Wildman–Crippen MR) is 84.7 cm³/mol. The van der Waals surface area contributed by atoms with Crippen LogP contribution in [0.2, 0.25) is 0 Å². The normalized spacial score (nSPS) is 24.2. The fourth-order valence-corrected chi connectivity index (χ4v) is 3.25. The van der Waals surface area contributed by atoms with Crippen LogP contribution in [0.4, 0.5) is 0 Å². The van der Waals surface area contributed by atoms with Crippen molar-refractivity contribution in [2.45, 2.75) is 58.5 Å². The third-order valence-electron chi connectivity index (χ3n) is 4.67. The van der Waals surface area contributed by atoms with Gasteiger partial charge in [-0.2, -0.15) is 5.26 Å². The first kappa shape index (κ1) is 17.4. The summed E-state index contributed by atoms with van der Waals surface area (Å²) in [5.74, 6) is 0. The largest absolute Gasteiger partial charge is 0.301 e. The number of nitrogens with zero attached hydrogens (tertiary/aromatic N) is 3. The molecule has 1 aliphatic rings. The molecule has 0 aromatic rings. The third-order valence-corrected chi connectivity index (χ3v) is 4.67. The molecule has 116 valence electrons. The van der Waals surface area contributed by atoms with Crippen molar-refractivity contribution < 1.29 is 0 Å². The molecule has 4 nitrogen and oxygen atoms in total. The first-order chi connectivity index (χ1) is 9.60. The zero-order valence-corrected chi connectivity index (χ0v) is 13.8. The van der Waals surface area contributed by atoms with E-state index in [4.69, 9.17) is 0 Å². The molecular formula is C16H32N4. The molecule has 0 bridgehead atoms. The van der Waals surface area contributed by atoms with E-state index in [1.54, 1.807) is 0 Å². The lowest BCUT2D eigenvalue weighted by Crippen LogP contribution is -2.52. The Morgan fingerprint density at radius 1 is 1.30 bits per heavy atom. The van der Waals surface area contributed by atoms with Gasteiger partial charge in [-0.1, -0.05) is 20.8 Å². The van der Waals surface area contributed by atoms with Gasteiger partial charge >= 0.3 is 0 Å². The second-order valence-electron chi connectivity index (χ2n) is 5.96. The molecule has 1 fully saturated rings. The van der Waals surface area contributed by atoms with Crippen LogP contribution in [-0.4, -0.2) is 60.6 Å². The first-order valence-corrected chi connectivity index (χ1v) is 8.23. The molecule has 0 aliphatic carbocycles. The quantitative estimate of drug-likeness (QED) is 0.739.